The summed E-state index contributed by atoms with van der Waals surface area (Å²) in [5.74, 6) is 0.909. The zero-order valence-corrected chi connectivity index (χ0v) is 16.3. The SMILES string of the molecule is O=C1N[C@H](CCC(=O)N2CCc3ccccc32)C(=O)N1Cc1ccc2c(c1)OCO2. The van der Waals surface area contributed by atoms with E-state index in [-0.39, 0.29) is 38.0 Å². The third-order valence-electron chi connectivity index (χ3n) is 5.72. The molecule has 1 fully saturated rings. The lowest BCUT2D eigenvalue weighted by atomic mass is 10.1. The molecule has 154 valence electrons. The average Bonchev–Trinajstić information content (AvgIpc) is 3.45. The molecule has 4 amide bonds. The molecule has 1 saturated heterocycles. The first kappa shape index (κ1) is 18.5. The Morgan fingerprint density at radius 2 is 1.93 bits per heavy atom. The van der Waals surface area contributed by atoms with E-state index >= 15 is 0 Å². The van der Waals surface area contributed by atoms with Crippen LogP contribution in [0.3, 0.4) is 0 Å². The lowest BCUT2D eigenvalue weighted by Gasteiger charge is -2.18. The summed E-state index contributed by atoms with van der Waals surface area (Å²) in [7, 11) is 0. The Hall–Kier alpha value is -3.55. The van der Waals surface area contributed by atoms with Gasteiger partial charge in [0, 0.05) is 18.7 Å². The predicted molar refractivity (Wildman–Crippen MR) is 107 cm³/mol. The number of nitrogens with zero attached hydrogens (tertiary/aromatic N) is 2. The molecule has 0 unspecified atom stereocenters. The average molecular weight is 407 g/mol. The number of urea groups is 1. The molecule has 0 aromatic heterocycles. The number of fused-ring (bicyclic) bond motifs is 2. The van der Waals surface area contributed by atoms with Crippen LogP contribution in [-0.4, -0.2) is 42.1 Å². The number of nitrogens with one attached hydrogen (secondary N) is 1. The van der Waals surface area contributed by atoms with E-state index in [4.69, 9.17) is 9.47 Å². The highest BCUT2D eigenvalue weighted by atomic mass is 16.7. The fourth-order valence-corrected chi connectivity index (χ4v) is 4.14. The number of ether oxygens (including phenoxy) is 2. The molecule has 0 radical (unpaired) electrons. The maximum atomic E-state index is 12.7. The van der Waals surface area contributed by atoms with Gasteiger partial charge in [-0.1, -0.05) is 24.3 Å². The summed E-state index contributed by atoms with van der Waals surface area (Å²) in [6, 6.07) is 12.1. The van der Waals surface area contributed by atoms with Gasteiger partial charge in [-0.05, 0) is 42.2 Å². The zero-order chi connectivity index (χ0) is 20.7. The van der Waals surface area contributed by atoms with Crippen LogP contribution in [0.25, 0.3) is 0 Å². The van der Waals surface area contributed by atoms with Crippen LogP contribution >= 0.6 is 0 Å². The number of amides is 4. The largest absolute Gasteiger partial charge is 0.454 e. The van der Waals surface area contributed by atoms with E-state index in [1.54, 1.807) is 23.1 Å². The second-order valence-corrected chi connectivity index (χ2v) is 7.58. The zero-order valence-electron chi connectivity index (χ0n) is 16.3. The molecule has 8 heteroatoms. The molecule has 3 heterocycles. The maximum Gasteiger partial charge on any atom is 0.325 e. The van der Waals surface area contributed by atoms with E-state index < -0.39 is 12.1 Å². The van der Waals surface area contributed by atoms with Crippen LogP contribution in [-0.2, 0) is 22.6 Å². The Labute approximate surface area is 173 Å². The minimum atomic E-state index is -0.687. The van der Waals surface area contributed by atoms with Gasteiger partial charge in [0.15, 0.2) is 11.5 Å². The van der Waals surface area contributed by atoms with Gasteiger partial charge in [0.05, 0.1) is 6.54 Å². The summed E-state index contributed by atoms with van der Waals surface area (Å²) in [5.41, 5.74) is 2.87. The Morgan fingerprint density at radius 1 is 1.10 bits per heavy atom. The van der Waals surface area contributed by atoms with E-state index in [9.17, 15) is 14.4 Å². The number of carbonyl (C=O) groups is 3. The summed E-state index contributed by atoms with van der Waals surface area (Å²) in [4.78, 5) is 40.7. The van der Waals surface area contributed by atoms with E-state index in [2.05, 4.69) is 5.32 Å². The molecule has 0 bridgehead atoms. The van der Waals surface area contributed by atoms with Crippen molar-refractivity contribution in [1.82, 2.24) is 10.2 Å². The van der Waals surface area contributed by atoms with Crippen molar-refractivity contribution in [3.05, 3.63) is 53.6 Å². The Bertz CT molecular complexity index is 1040. The van der Waals surface area contributed by atoms with Crippen molar-refractivity contribution in [1.29, 1.82) is 0 Å². The van der Waals surface area contributed by atoms with E-state index in [0.29, 0.717) is 18.0 Å². The Kier molecular flexibility index (Phi) is 4.54. The van der Waals surface area contributed by atoms with Gasteiger partial charge in [-0.15, -0.1) is 0 Å². The highest BCUT2D eigenvalue weighted by Crippen LogP contribution is 2.33. The molecule has 2 aromatic rings. The lowest BCUT2D eigenvalue weighted by Crippen LogP contribution is -2.34. The topological polar surface area (TPSA) is 88.2 Å². The standard InChI is InChI=1S/C22H21N3O5/c26-20(24-10-9-15-3-1-2-4-17(15)24)8-6-16-21(27)25(22(28)23-16)12-14-5-7-18-19(11-14)30-13-29-18/h1-5,7,11,16H,6,8-10,12-13H2,(H,23,28)/t16-/m1/s1. The Morgan fingerprint density at radius 3 is 2.83 bits per heavy atom. The minimum absolute atomic E-state index is 0.0313. The van der Waals surface area contributed by atoms with E-state index in [1.807, 2.05) is 24.3 Å². The maximum absolute atomic E-state index is 12.7. The molecule has 0 saturated carbocycles. The molecule has 2 aromatic carbocycles. The van der Waals surface area contributed by atoms with Crippen molar-refractivity contribution in [3.63, 3.8) is 0 Å². The molecule has 30 heavy (non-hydrogen) atoms. The van der Waals surface area contributed by atoms with Gasteiger partial charge in [0.25, 0.3) is 5.91 Å². The molecule has 5 rings (SSSR count). The van der Waals surface area contributed by atoms with Crippen molar-refractivity contribution < 1.29 is 23.9 Å². The number of rotatable bonds is 5. The van der Waals surface area contributed by atoms with Gasteiger partial charge >= 0.3 is 6.03 Å². The van der Waals surface area contributed by atoms with Gasteiger partial charge in [0.1, 0.15) is 6.04 Å². The number of benzene rings is 2. The van der Waals surface area contributed by atoms with Gasteiger partial charge < -0.3 is 19.7 Å². The monoisotopic (exact) mass is 407 g/mol. The lowest BCUT2D eigenvalue weighted by molar-refractivity contribution is -0.128. The molecule has 0 aliphatic carbocycles. The first-order valence-electron chi connectivity index (χ1n) is 9.99. The summed E-state index contributed by atoms with van der Waals surface area (Å²) < 4.78 is 10.6. The van der Waals surface area contributed by atoms with E-state index in [0.717, 1.165) is 23.2 Å². The number of carbonyl (C=O) groups excluding carboxylic acids is 3. The van der Waals surface area contributed by atoms with Crippen LogP contribution in [0.15, 0.2) is 42.5 Å². The van der Waals surface area contributed by atoms with Crippen molar-refractivity contribution in [2.75, 3.05) is 18.2 Å². The van der Waals surface area contributed by atoms with Crippen molar-refractivity contribution >= 4 is 23.5 Å². The number of para-hydroxylation sites is 1. The van der Waals surface area contributed by atoms with E-state index in [1.165, 1.54) is 4.90 Å². The third kappa shape index (κ3) is 3.24. The normalized spacial score (nSPS) is 19.3. The highest BCUT2D eigenvalue weighted by Gasteiger charge is 2.38. The first-order valence-corrected chi connectivity index (χ1v) is 9.99. The van der Waals surface area contributed by atoms with Gasteiger partial charge in [0.2, 0.25) is 12.7 Å². The second kappa shape index (κ2) is 7.37. The number of hydrogen-bond donors (Lipinski definition) is 1. The summed E-state index contributed by atoms with van der Waals surface area (Å²) in [6.07, 6.45) is 1.31. The molecule has 1 N–H and O–H groups in total. The number of anilines is 1. The second-order valence-electron chi connectivity index (χ2n) is 7.58. The van der Waals surface area contributed by atoms with Crippen molar-refractivity contribution in [2.45, 2.75) is 31.8 Å². The third-order valence-corrected chi connectivity index (χ3v) is 5.72. The minimum Gasteiger partial charge on any atom is -0.454 e. The van der Waals surface area contributed by atoms with Crippen LogP contribution in [0.1, 0.15) is 24.0 Å². The van der Waals surface area contributed by atoms with Crippen molar-refractivity contribution in [3.8, 4) is 11.5 Å². The predicted octanol–water partition coefficient (Wildman–Crippen LogP) is 2.21. The Balaban J connectivity index is 1.20. The fraction of sp³-hybridized carbons (Fsp3) is 0.318. The van der Waals surface area contributed by atoms with Crippen LogP contribution in [0.5, 0.6) is 11.5 Å². The molecule has 3 aliphatic heterocycles. The number of hydrogen-bond acceptors (Lipinski definition) is 5. The van der Waals surface area contributed by atoms with Gasteiger partial charge in [-0.3, -0.25) is 14.5 Å². The quantitative estimate of drug-likeness (QED) is 0.768. The van der Waals surface area contributed by atoms with Crippen LogP contribution in [0.4, 0.5) is 10.5 Å². The molecule has 1 atom stereocenters. The smallest absolute Gasteiger partial charge is 0.325 e. The summed E-state index contributed by atoms with van der Waals surface area (Å²) in [5, 5.41) is 2.70. The summed E-state index contributed by atoms with van der Waals surface area (Å²) in [6.45, 7) is 0.962. The highest BCUT2D eigenvalue weighted by molar-refractivity contribution is 6.04. The molecular formula is C22H21N3O5. The van der Waals surface area contributed by atoms with Gasteiger partial charge in [-0.2, -0.15) is 0 Å². The first-order chi connectivity index (χ1) is 14.6. The fourth-order valence-electron chi connectivity index (χ4n) is 4.14. The number of imide groups is 1. The van der Waals surface area contributed by atoms with Crippen LogP contribution in [0, 0.1) is 0 Å². The molecule has 0 spiro atoms. The van der Waals surface area contributed by atoms with Gasteiger partial charge in [-0.25, -0.2) is 4.79 Å². The van der Waals surface area contributed by atoms with Crippen LogP contribution in [0.2, 0.25) is 0 Å². The van der Waals surface area contributed by atoms with Crippen LogP contribution < -0.4 is 19.7 Å². The van der Waals surface area contributed by atoms with Crippen molar-refractivity contribution in [2.24, 2.45) is 0 Å². The molecule has 8 nitrogen and oxygen atoms in total. The summed E-state index contributed by atoms with van der Waals surface area (Å²) >= 11 is 0. The molecular weight excluding hydrogens is 386 g/mol. The molecule has 3 aliphatic rings.